The molecule has 2 aliphatic rings. The third kappa shape index (κ3) is 4.44. The van der Waals surface area contributed by atoms with E-state index in [0.717, 1.165) is 18.4 Å². The van der Waals surface area contributed by atoms with E-state index in [1.54, 1.807) is 4.90 Å². The first-order chi connectivity index (χ1) is 11.8. The summed E-state index contributed by atoms with van der Waals surface area (Å²) in [5.41, 5.74) is 0.479. The van der Waals surface area contributed by atoms with Crippen molar-refractivity contribution in [3.63, 3.8) is 0 Å². The number of hydrogen-bond donors (Lipinski definition) is 1. The Bertz CT molecular complexity index is 662. The summed E-state index contributed by atoms with van der Waals surface area (Å²) < 4.78 is 0. The van der Waals surface area contributed by atoms with Gasteiger partial charge in [0.1, 0.15) is 6.04 Å². The molecule has 0 aromatic carbocycles. The molecule has 2 fully saturated rings. The molecule has 5 nitrogen and oxygen atoms in total. The van der Waals surface area contributed by atoms with Gasteiger partial charge in [-0.2, -0.15) is 11.3 Å². The van der Waals surface area contributed by atoms with Gasteiger partial charge in [-0.25, -0.2) is 0 Å². The predicted molar refractivity (Wildman–Crippen MR) is 100 cm³/mol. The van der Waals surface area contributed by atoms with Crippen molar-refractivity contribution >= 4 is 40.0 Å². The first-order valence-corrected chi connectivity index (χ1v) is 10.5. The van der Waals surface area contributed by atoms with E-state index in [0.29, 0.717) is 5.75 Å². The standard InChI is InChI=1S/C18H24N2O3S2/c1-18(2,3)19-16(22)15(11-6-7-24-9-11)20(13-4-5-13)17(23)12-8-14(21)25-10-12/h6-7,9,12-13,15H,4-5,8,10H2,1-3H3,(H,19,22). The molecule has 1 aliphatic heterocycles. The molecule has 0 spiro atoms. The monoisotopic (exact) mass is 380 g/mol. The van der Waals surface area contributed by atoms with Crippen LogP contribution in [0.5, 0.6) is 0 Å². The molecule has 1 aromatic heterocycles. The number of thioether (sulfide) groups is 1. The summed E-state index contributed by atoms with van der Waals surface area (Å²) in [6, 6.07) is 1.39. The second kappa shape index (κ2) is 7.11. The molecular formula is C18H24N2O3S2. The summed E-state index contributed by atoms with van der Waals surface area (Å²) in [6.45, 7) is 5.81. The lowest BCUT2D eigenvalue weighted by Gasteiger charge is -2.34. The van der Waals surface area contributed by atoms with E-state index in [-0.39, 0.29) is 40.8 Å². The van der Waals surface area contributed by atoms with Crippen molar-refractivity contribution < 1.29 is 14.4 Å². The minimum atomic E-state index is -0.619. The van der Waals surface area contributed by atoms with Crippen molar-refractivity contribution in [1.29, 1.82) is 0 Å². The zero-order valence-corrected chi connectivity index (χ0v) is 16.4. The van der Waals surface area contributed by atoms with Gasteiger partial charge in [0, 0.05) is 23.8 Å². The highest BCUT2D eigenvalue weighted by Gasteiger charge is 2.45. The smallest absolute Gasteiger partial charge is 0.247 e. The summed E-state index contributed by atoms with van der Waals surface area (Å²) in [5, 5.41) is 6.96. The molecule has 136 valence electrons. The molecule has 0 radical (unpaired) electrons. The number of carbonyl (C=O) groups excluding carboxylic acids is 3. The van der Waals surface area contributed by atoms with Crippen LogP contribution in [0.25, 0.3) is 0 Å². The molecule has 1 aliphatic carbocycles. The van der Waals surface area contributed by atoms with Gasteiger partial charge in [-0.15, -0.1) is 0 Å². The van der Waals surface area contributed by atoms with Crippen molar-refractivity contribution in [2.24, 2.45) is 5.92 Å². The number of nitrogens with one attached hydrogen (secondary N) is 1. The Labute approximate surface area is 156 Å². The van der Waals surface area contributed by atoms with Crippen molar-refractivity contribution in [2.75, 3.05) is 5.75 Å². The Morgan fingerprint density at radius 1 is 1.32 bits per heavy atom. The predicted octanol–water partition coefficient (Wildman–Crippen LogP) is 2.97. The number of nitrogens with zero attached hydrogens (tertiary/aromatic N) is 1. The number of carbonyl (C=O) groups is 3. The Morgan fingerprint density at radius 2 is 2.04 bits per heavy atom. The molecule has 2 unspecified atom stereocenters. The van der Waals surface area contributed by atoms with Gasteiger partial charge in [0.2, 0.25) is 11.8 Å². The van der Waals surface area contributed by atoms with Crippen LogP contribution in [0.3, 0.4) is 0 Å². The molecule has 2 atom stereocenters. The quantitative estimate of drug-likeness (QED) is 0.853. The van der Waals surface area contributed by atoms with Gasteiger partial charge >= 0.3 is 0 Å². The highest BCUT2D eigenvalue weighted by atomic mass is 32.2. The Hall–Kier alpha value is -1.34. The van der Waals surface area contributed by atoms with Gasteiger partial charge in [0.25, 0.3) is 0 Å². The molecule has 0 bridgehead atoms. The summed E-state index contributed by atoms with van der Waals surface area (Å²) >= 11 is 2.75. The average molecular weight is 381 g/mol. The van der Waals surface area contributed by atoms with E-state index >= 15 is 0 Å². The third-order valence-corrected chi connectivity index (χ3v) is 6.05. The molecule has 1 saturated carbocycles. The minimum absolute atomic E-state index is 0.0545. The van der Waals surface area contributed by atoms with E-state index in [1.165, 1.54) is 23.1 Å². The van der Waals surface area contributed by atoms with Crippen molar-refractivity contribution in [3.8, 4) is 0 Å². The molecule has 2 amide bonds. The molecule has 25 heavy (non-hydrogen) atoms. The second-order valence-electron chi connectivity index (χ2n) is 7.76. The van der Waals surface area contributed by atoms with Crippen LogP contribution in [0.1, 0.15) is 51.6 Å². The van der Waals surface area contributed by atoms with Gasteiger partial charge in [0.05, 0.1) is 5.92 Å². The van der Waals surface area contributed by atoms with Gasteiger partial charge in [-0.1, -0.05) is 11.8 Å². The lowest BCUT2D eigenvalue weighted by Crippen LogP contribution is -2.51. The van der Waals surface area contributed by atoms with E-state index in [2.05, 4.69) is 5.32 Å². The fraction of sp³-hybridized carbons (Fsp3) is 0.611. The second-order valence-corrected chi connectivity index (χ2v) is 9.62. The zero-order valence-electron chi connectivity index (χ0n) is 14.8. The number of rotatable bonds is 5. The van der Waals surface area contributed by atoms with Gasteiger partial charge in [0.15, 0.2) is 5.12 Å². The maximum Gasteiger partial charge on any atom is 0.247 e. The lowest BCUT2D eigenvalue weighted by atomic mass is 10.0. The van der Waals surface area contributed by atoms with Crippen molar-refractivity contribution in [3.05, 3.63) is 22.4 Å². The topological polar surface area (TPSA) is 66.5 Å². The van der Waals surface area contributed by atoms with E-state index in [4.69, 9.17) is 0 Å². The number of hydrogen-bond acceptors (Lipinski definition) is 5. The van der Waals surface area contributed by atoms with E-state index in [1.807, 2.05) is 37.6 Å². The molecule has 2 heterocycles. The van der Waals surface area contributed by atoms with Crippen LogP contribution < -0.4 is 5.32 Å². The van der Waals surface area contributed by atoms with Crippen LogP contribution in [-0.2, 0) is 14.4 Å². The summed E-state index contributed by atoms with van der Waals surface area (Å²) in [7, 11) is 0. The maximum absolute atomic E-state index is 13.2. The molecule has 1 aromatic rings. The Balaban J connectivity index is 1.90. The van der Waals surface area contributed by atoms with E-state index in [9.17, 15) is 14.4 Å². The normalized spacial score (nSPS) is 21.9. The fourth-order valence-corrected chi connectivity index (χ4v) is 4.70. The largest absolute Gasteiger partial charge is 0.349 e. The van der Waals surface area contributed by atoms with Crippen LogP contribution in [-0.4, -0.2) is 39.2 Å². The highest BCUT2D eigenvalue weighted by molar-refractivity contribution is 8.14. The Morgan fingerprint density at radius 3 is 2.52 bits per heavy atom. The van der Waals surface area contributed by atoms with Gasteiger partial charge in [-0.05, 0) is 56.0 Å². The molecule has 1 N–H and O–H groups in total. The van der Waals surface area contributed by atoms with E-state index < -0.39 is 6.04 Å². The van der Waals surface area contributed by atoms with Crippen LogP contribution >= 0.6 is 23.1 Å². The molecule has 1 saturated heterocycles. The maximum atomic E-state index is 13.2. The molecular weight excluding hydrogens is 356 g/mol. The lowest BCUT2D eigenvalue weighted by molar-refractivity contribution is -0.145. The summed E-state index contributed by atoms with van der Waals surface area (Å²) in [6.07, 6.45) is 2.12. The SMILES string of the molecule is CC(C)(C)NC(=O)C(c1ccsc1)N(C(=O)C1CSC(=O)C1)C1CC1. The number of amides is 2. The summed E-state index contributed by atoms with van der Waals surface area (Å²) in [4.78, 5) is 39.6. The number of thiophene rings is 1. The molecule has 7 heteroatoms. The summed E-state index contributed by atoms with van der Waals surface area (Å²) in [5.74, 6) is 0.0175. The van der Waals surface area contributed by atoms with Gasteiger partial charge < -0.3 is 10.2 Å². The first-order valence-electron chi connectivity index (χ1n) is 8.58. The van der Waals surface area contributed by atoms with Crippen molar-refractivity contribution in [1.82, 2.24) is 10.2 Å². The Kier molecular flexibility index (Phi) is 5.25. The van der Waals surface area contributed by atoms with Crippen LogP contribution in [0.2, 0.25) is 0 Å². The first kappa shape index (κ1) is 18.5. The molecule has 3 rings (SSSR count). The van der Waals surface area contributed by atoms with Crippen LogP contribution in [0, 0.1) is 5.92 Å². The van der Waals surface area contributed by atoms with Crippen LogP contribution in [0.4, 0.5) is 0 Å². The van der Waals surface area contributed by atoms with Gasteiger partial charge in [-0.3, -0.25) is 14.4 Å². The minimum Gasteiger partial charge on any atom is -0.349 e. The zero-order chi connectivity index (χ0) is 18.2. The van der Waals surface area contributed by atoms with Crippen LogP contribution in [0.15, 0.2) is 16.8 Å². The highest BCUT2D eigenvalue weighted by Crippen LogP contribution is 2.39. The van der Waals surface area contributed by atoms with Crippen molar-refractivity contribution in [2.45, 2.75) is 57.7 Å². The average Bonchev–Trinajstić information content (AvgIpc) is 3.02. The third-order valence-electron chi connectivity index (χ3n) is 4.29. The fourth-order valence-electron chi connectivity index (χ4n) is 3.06.